The van der Waals surface area contributed by atoms with Gasteiger partial charge in [0.15, 0.2) is 17.3 Å². The molecule has 3 aromatic carbocycles. The predicted molar refractivity (Wildman–Crippen MR) is 187 cm³/mol. The van der Waals surface area contributed by atoms with E-state index < -0.39 is 5.91 Å². The number of nitrogens with one attached hydrogen (secondary N) is 1. The number of nitrogens with two attached hydrogens (primary N) is 1. The number of rotatable bonds is 6. The summed E-state index contributed by atoms with van der Waals surface area (Å²) in [4.78, 5) is 37.9. The molecule has 1 aliphatic rings. The molecule has 3 N–H and O–H groups in total. The summed E-state index contributed by atoms with van der Waals surface area (Å²) in [5, 5.41) is 15.5. The lowest BCUT2D eigenvalue weighted by molar-refractivity contribution is 0.101. The lowest BCUT2D eigenvalue weighted by Gasteiger charge is -2.13. The molecule has 4 aromatic heterocycles. The summed E-state index contributed by atoms with van der Waals surface area (Å²) in [6.45, 7) is 1.64. The molecule has 48 heavy (non-hydrogen) atoms. The van der Waals surface area contributed by atoms with Crippen molar-refractivity contribution in [3.8, 4) is 45.7 Å². The van der Waals surface area contributed by atoms with Gasteiger partial charge in [0, 0.05) is 50.2 Å². The Hall–Kier alpha value is -6.03. The summed E-state index contributed by atoms with van der Waals surface area (Å²) in [7, 11) is 1.59. The van der Waals surface area contributed by atoms with Crippen LogP contribution in [0, 0.1) is 11.3 Å². The number of anilines is 2. The van der Waals surface area contributed by atoms with Crippen molar-refractivity contribution >= 4 is 77.1 Å². The molecule has 1 aliphatic heterocycles. The van der Waals surface area contributed by atoms with Crippen LogP contribution in [0.5, 0.6) is 17.2 Å². The summed E-state index contributed by atoms with van der Waals surface area (Å²) in [5.74, 6) is 1.40. The van der Waals surface area contributed by atoms with Gasteiger partial charge < -0.3 is 25.3 Å². The average Bonchev–Trinajstić information content (AvgIpc) is 3.81. The number of methoxy groups -OCH3 is 1. The second kappa shape index (κ2) is 11.3. The number of amides is 1. The molecule has 234 valence electrons. The molecule has 0 aliphatic carbocycles. The molecular formula is C36H23N5O5S2. The standard InChI is InChI=1S/C36H23N5O5S2/c1-17(42)18-4-8-26(39-34(43)33-32(38)24-12-19-3-6-21(44-2)14-27(19)41-36(24)48-33)23(11-18)31-22-7-9-25(40-35(22)47-30(31)15-37)20-5-10-28-29(13-20)46-16-45-28/h3-14H,16,38H2,1-2H3,(H,39,43). The molecule has 1 amide bonds. The lowest BCUT2D eigenvalue weighted by atomic mass is 9.97. The molecule has 0 radical (unpaired) electrons. The minimum absolute atomic E-state index is 0.154. The molecule has 10 nitrogen and oxygen atoms in total. The maximum Gasteiger partial charge on any atom is 0.267 e. The van der Waals surface area contributed by atoms with E-state index in [0.29, 0.717) is 81.2 Å². The van der Waals surface area contributed by atoms with E-state index in [4.69, 9.17) is 29.9 Å². The van der Waals surface area contributed by atoms with Crippen LogP contribution in [-0.2, 0) is 0 Å². The van der Waals surface area contributed by atoms with Crippen molar-refractivity contribution in [1.82, 2.24) is 9.97 Å². The number of aromatic nitrogens is 2. The topological polar surface area (TPSA) is 149 Å². The summed E-state index contributed by atoms with van der Waals surface area (Å²) >= 11 is 2.43. The molecule has 5 heterocycles. The third-order valence-corrected chi connectivity index (χ3v) is 10.3. The Balaban J connectivity index is 1.21. The average molecular weight is 670 g/mol. The smallest absolute Gasteiger partial charge is 0.267 e. The van der Waals surface area contributed by atoms with Gasteiger partial charge in [-0.1, -0.05) is 0 Å². The molecular weight excluding hydrogens is 647 g/mol. The molecule has 12 heteroatoms. The first-order valence-electron chi connectivity index (χ1n) is 14.7. The highest BCUT2D eigenvalue weighted by molar-refractivity contribution is 7.21. The first kappa shape index (κ1) is 29.4. The van der Waals surface area contributed by atoms with Gasteiger partial charge >= 0.3 is 0 Å². The minimum Gasteiger partial charge on any atom is -0.497 e. The fourth-order valence-corrected chi connectivity index (χ4v) is 7.73. The van der Waals surface area contributed by atoms with E-state index >= 15 is 0 Å². The van der Waals surface area contributed by atoms with Gasteiger partial charge in [-0.25, -0.2) is 9.97 Å². The second-order valence-corrected chi connectivity index (χ2v) is 13.0. The van der Waals surface area contributed by atoms with Crippen LogP contribution in [0.1, 0.15) is 31.8 Å². The van der Waals surface area contributed by atoms with Crippen molar-refractivity contribution in [2.45, 2.75) is 6.92 Å². The van der Waals surface area contributed by atoms with E-state index in [9.17, 15) is 14.9 Å². The number of nitrogen functional groups attached to an aromatic ring is 1. The number of thiophene rings is 2. The van der Waals surface area contributed by atoms with Crippen LogP contribution < -0.4 is 25.3 Å². The molecule has 0 atom stereocenters. The Labute approximate surface area is 280 Å². The second-order valence-electron chi connectivity index (χ2n) is 11.1. The zero-order valence-corrected chi connectivity index (χ0v) is 27.0. The molecule has 7 aromatic rings. The summed E-state index contributed by atoms with van der Waals surface area (Å²) < 4.78 is 16.3. The zero-order chi connectivity index (χ0) is 33.1. The fourth-order valence-electron chi connectivity index (χ4n) is 5.77. The number of ketones is 1. The summed E-state index contributed by atoms with van der Waals surface area (Å²) in [5.41, 5.74) is 11.0. The number of hydrogen-bond acceptors (Lipinski definition) is 11. The predicted octanol–water partition coefficient (Wildman–Crippen LogP) is 8.04. The van der Waals surface area contributed by atoms with Crippen molar-refractivity contribution in [2.75, 3.05) is 25.0 Å². The normalized spacial score (nSPS) is 12.0. The van der Waals surface area contributed by atoms with Crippen LogP contribution >= 0.6 is 22.7 Å². The van der Waals surface area contributed by atoms with Crippen molar-refractivity contribution < 1.29 is 23.8 Å². The first-order chi connectivity index (χ1) is 23.3. The largest absolute Gasteiger partial charge is 0.497 e. The summed E-state index contributed by atoms with van der Waals surface area (Å²) in [6.07, 6.45) is 0. The molecule has 0 spiro atoms. The van der Waals surface area contributed by atoms with Crippen LogP contribution in [0.4, 0.5) is 11.4 Å². The molecule has 0 bridgehead atoms. The van der Waals surface area contributed by atoms with Crippen LogP contribution in [0.25, 0.3) is 53.7 Å². The highest BCUT2D eigenvalue weighted by atomic mass is 32.1. The molecule has 0 unspecified atom stereocenters. The number of nitriles is 1. The van der Waals surface area contributed by atoms with E-state index in [1.807, 2.05) is 54.6 Å². The number of pyridine rings is 2. The van der Waals surface area contributed by atoms with Gasteiger partial charge in [0.25, 0.3) is 5.91 Å². The van der Waals surface area contributed by atoms with E-state index in [-0.39, 0.29) is 12.6 Å². The highest BCUT2D eigenvalue weighted by Gasteiger charge is 2.24. The Morgan fingerprint density at radius 3 is 2.58 bits per heavy atom. The third-order valence-electron chi connectivity index (χ3n) is 8.20. The van der Waals surface area contributed by atoms with Crippen LogP contribution in [-0.4, -0.2) is 35.6 Å². The van der Waals surface area contributed by atoms with Crippen molar-refractivity contribution in [2.24, 2.45) is 0 Å². The van der Waals surface area contributed by atoms with E-state index in [1.165, 1.54) is 29.6 Å². The zero-order valence-electron chi connectivity index (χ0n) is 25.4. The van der Waals surface area contributed by atoms with Crippen LogP contribution in [0.2, 0.25) is 0 Å². The van der Waals surface area contributed by atoms with E-state index in [0.717, 1.165) is 16.5 Å². The van der Waals surface area contributed by atoms with Gasteiger partial charge in [-0.15, -0.1) is 22.7 Å². The maximum atomic E-state index is 13.8. The number of ether oxygens (including phenoxy) is 3. The van der Waals surface area contributed by atoms with Gasteiger partial charge in [-0.2, -0.15) is 5.26 Å². The number of benzene rings is 3. The first-order valence-corrected chi connectivity index (χ1v) is 16.3. The fraction of sp³-hybridized carbons (Fsp3) is 0.0833. The number of Topliss-reactive ketones (excluding diaryl/α,β-unsaturated/α-hetero) is 1. The van der Waals surface area contributed by atoms with Gasteiger partial charge in [0.1, 0.15) is 31.2 Å². The van der Waals surface area contributed by atoms with Crippen LogP contribution in [0.3, 0.4) is 0 Å². The van der Waals surface area contributed by atoms with E-state index in [1.54, 1.807) is 25.3 Å². The van der Waals surface area contributed by atoms with Gasteiger partial charge in [-0.3, -0.25) is 9.59 Å². The van der Waals surface area contributed by atoms with Crippen molar-refractivity contribution in [1.29, 1.82) is 5.26 Å². The van der Waals surface area contributed by atoms with Crippen molar-refractivity contribution in [3.05, 3.63) is 88.1 Å². The Bertz CT molecular complexity index is 2550. The molecule has 0 saturated carbocycles. The SMILES string of the molecule is COc1ccc2cc3c(N)c(C(=O)Nc4ccc(C(C)=O)cc4-c4c(C#N)sc5nc(-c6ccc7c(c6)OCO7)ccc45)sc3nc2c1. The Morgan fingerprint density at radius 1 is 0.938 bits per heavy atom. The third kappa shape index (κ3) is 4.84. The number of nitrogens with zero attached hydrogens (tertiary/aromatic N) is 3. The maximum absolute atomic E-state index is 13.8. The number of hydrogen-bond donors (Lipinski definition) is 2. The molecule has 8 rings (SSSR count). The number of carbonyl (C=O) groups excluding carboxylic acids is 2. The monoisotopic (exact) mass is 669 g/mol. The number of carbonyl (C=O) groups is 2. The molecule has 0 saturated heterocycles. The van der Waals surface area contributed by atoms with Crippen LogP contribution in [0.15, 0.2) is 72.8 Å². The highest BCUT2D eigenvalue weighted by Crippen LogP contribution is 2.44. The molecule has 0 fully saturated rings. The quantitative estimate of drug-likeness (QED) is 0.168. The van der Waals surface area contributed by atoms with Gasteiger partial charge in [0.05, 0.1) is 24.0 Å². The number of fused-ring (bicyclic) bond motifs is 4. The lowest BCUT2D eigenvalue weighted by Crippen LogP contribution is -2.13. The van der Waals surface area contributed by atoms with Gasteiger partial charge in [-0.05, 0) is 73.7 Å². The van der Waals surface area contributed by atoms with Crippen molar-refractivity contribution in [3.63, 3.8) is 0 Å². The summed E-state index contributed by atoms with van der Waals surface area (Å²) in [6, 6.07) is 24.2. The Kier molecular flexibility index (Phi) is 6.94. The minimum atomic E-state index is -0.435. The van der Waals surface area contributed by atoms with Gasteiger partial charge in [0.2, 0.25) is 6.79 Å². The van der Waals surface area contributed by atoms with E-state index in [2.05, 4.69) is 11.4 Å². The Morgan fingerprint density at radius 2 is 1.77 bits per heavy atom.